The quantitative estimate of drug-likeness (QED) is 0.614. The van der Waals surface area contributed by atoms with Crippen molar-refractivity contribution in [3.05, 3.63) is 53.6 Å². The summed E-state index contributed by atoms with van der Waals surface area (Å²) in [6, 6.07) is 9.80. The van der Waals surface area contributed by atoms with Gasteiger partial charge in [-0.15, -0.1) is 0 Å². The molecule has 0 saturated heterocycles. The van der Waals surface area contributed by atoms with Crippen LogP contribution in [0.3, 0.4) is 0 Å². The zero-order chi connectivity index (χ0) is 11.8. The summed E-state index contributed by atoms with van der Waals surface area (Å²) in [5.74, 6) is 0.830. The average Bonchev–Trinajstić information content (AvgIpc) is 2.68. The van der Waals surface area contributed by atoms with Gasteiger partial charge in [0, 0.05) is 12.4 Å². The van der Waals surface area contributed by atoms with Gasteiger partial charge in [0.2, 0.25) is 0 Å². The Kier molecular flexibility index (Phi) is 2.34. The molecule has 0 amide bonds. The minimum absolute atomic E-state index is 0.475. The lowest BCUT2D eigenvalue weighted by Gasteiger charge is -2.02. The van der Waals surface area contributed by atoms with Gasteiger partial charge in [-0.25, -0.2) is 9.97 Å². The number of imidazole rings is 1. The Morgan fingerprint density at radius 3 is 2.88 bits per heavy atom. The van der Waals surface area contributed by atoms with E-state index in [2.05, 4.69) is 9.97 Å². The average molecular weight is 244 g/mol. The van der Waals surface area contributed by atoms with Crippen LogP contribution < -0.4 is 0 Å². The fraction of sp³-hybridized carbons (Fsp3) is 0.0769. The molecule has 3 nitrogen and oxygen atoms in total. The fourth-order valence-corrected chi connectivity index (χ4v) is 2.14. The van der Waals surface area contributed by atoms with Crippen molar-refractivity contribution >= 4 is 17.1 Å². The standard InChI is InChI=1S/C13H10ClN3/c1-9-11-6-2-3-8-17(11)13(16-9)10-5-4-7-15-12(10)14/h2-8H,1H3. The summed E-state index contributed by atoms with van der Waals surface area (Å²) in [6.07, 6.45) is 3.66. The number of pyridine rings is 2. The van der Waals surface area contributed by atoms with Gasteiger partial charge in [0.05, 0.1) is 16.8 Å². The molecule has 3 aromatic rings. The Labute approximate surface area is 104 Å². The molecule has 0 aliphatic heterocycles. The predicted octanol–water partition coefficient (Wildman–Crippen LogP) is 3.36. The van der Waals surface area contributed by atoms with Crippen LogP contribution in [0, 0.1) is 6.92 Å². The van der Waals surface area contributed by atoms with E-state index >= 15 is 0 Å². The van der Waals surface area contributed by atoms with Crippen molar-refractivity contribution in [2.45, 2.75) is 6.92 Å². The highest BCUT2D eigenvalue weighted by atomic mass is 35.5. The number of hydrogen-bond acceptors (Lipinski definition) is 2. The van der Waals surface area contributed by atoms with Gasteiger partial charge in [-0.1, -0.05) is 17.7 Å². The Morgan fingerprint density at radius 2 is 2.06 bits per heavy atom. The van der Waals surface area contributed by atoms with Crippen molar-refractivity contribution in [1.82, 2.24) is 14.4 Å². The molecule has 4 heteroatoms. The van der Waals surface area contributed by atoms with E-state index in [9.17, 15) is 0 Å². The lowest BCUT2D eigenvalue weighted by Crippen LogP contribution is -1.90. The Bertz CT molecular complexity index is 688. The zero-order valence-corrected chi connectivity index (χ0v) is 10.0. The number of aryl methyl sites for hydroxylation is 1. The third kappa shape index (κ3) is 1.59. The van der Waals surface area contributed by atoms with Gasteiger partial charge in [0.15, 0.2) is 0 Å². The summed E-state index contributed by atoms with van der Waals surface area (Å²) in [5, 5.41) is 0.475. The number of fused-ring (bicyclic) bond motifs is 1. The van der Waals surface area contributed by atoms with Crippen LogP contribution >= 0.6 is 11.6 Å². The van der Waals surface area contributed by atoms with Crippen LogP contribution in [0.25, 0.3) is 16.9 Å². The third-order valence-corrected chi connectivity index (χ3v) is 3.03. The second-order valence-electron chi connectivity index (χ2n) is 3.82. The molecule has 0 bridgehead atoms. The van der Waals surface area contributed by atoms with Crippen LogP contribution in [0.1, 0.15) is 5.69 Å². The van der Waals surface area contributed by atoms with Crippen molar-refractivity contribution in [3.8, 4) is 11.4 Å². The molecule has 3 rings (SSSR count). The second kappa shape index (κ2) is 3.86. The maximum Gasteiger partial charge on any atom is 0.147 e. The topological polar surface area (TPSA) is 30.2 Å². The molecule has 0 aromatic carbocycles. The number of halogens is 1. The van der Waals surface area contributed by atoms with E-state index in [0.29, 0.717) is 5.15 Å². The smallest absolute Gasteiger partial charge is 0.147 e. The predicted molar refractivity (Wildman–Crippen MR) is 68.2 cm³/mol. The molecule has 0 radical (unpaired) electrons. The van der Waals surface area contributed by atoms with E-state index in [4.69, 9.17) is 11.6 Å². The van der Waals surface area contributed by atoms with Gasteiger partial charge in [-0.05, 0) is 31.2 Å². The first-order valence-electron chi connectivity index (χ1n) is 5.32. The highest BCUT2D eigenvalue weighted by Crippen LogP contribution is 2.26. The lowest BCUT2D eigenvalue weighted by molar-refractivity contribution is 1.15. The molecule has 0 spiro atoms. The maximum absolute atomic E-state index is 6.10. The van der Waals surface area contributed by atoms with Crippen LogP contribution in [0.4, 0.5) is 0 Å². The molecule has 0 fully saturated rings. The molecule has 0 atom stereocenters. The molecule has 84 valence electrons. The number of aromatic nitrogens is 3. The summed E-state index contributed by atoms with van der Waals surface area (Å²) in [6.45, 7) is 1.99. The third-order valence-electron chi connectivity index (χ3n) is 2.73. The second-order valence-corrected chi connectivity index (χ2v) is 4.18. The first kappa shape index (κ1) is 10.3. The summed E-state index contributed by atoms with van der Waals surface area (Å²) in [5.41, 5.74) is 2.92. The van der Waals surface area contributed by atoms with Crippen LogP contribution in [0.2, 0.25) is 5.15 Å². The van der Waals surface area contributed by atoms with Crippen molar-refractivity contribution in [2.75, 3.05) is 0 Å². The van der Waals surface area contributed by atoms with Crippen molar-refractivity contribution < 1.29 is 0 Å². The zero-order valence-electron chi connectivity index (χ0n) is 9.26. The van der Waals surface area contributed by atoms with E-state index in [-0.39, 0.29) is 0 Å². The van der Waals surface area contributed by atoms with E-state index in [1.165, 1.54) is 0 Å². The molecule has 17 heavy (non-hydrogen) atoms. The molecule has 0 unspecified atom stereocenters. The van der Waals surface area contributed by atoms with E-state index in [0.717, 1.165) is 22.6 Å². The fourth-order valence-electron chi connectivity index (χ4n) is 1.94. The maximum atomic E-state index is 6.10. The monoisotopic (exact) mass is 243 g/mol. The summed E-state index contributed by atoms with van der Waals surface area (Å²) < 4.78 is 2.03. The normalized spacial score (nSPS) is 10.9. The summed E-state index contributed by atoms with van der Waals surface area (Å²) in [4.78, 5) is 8.64. The molecular weight excluding hydrogens is 234 g/mol. The number of hydrogen-bond donors (Lipinski definition) is 0. The van der Waals surface area contributed by atoms with Gasteiger partial charge >= 0.3 is 0 Å². The molecule has 3 aromatic heterocycles. The van der Waals surface area contributed by atoms with E-state index in [1.807, 2.05) is 47.9 Å². The van der Waals surface area contributed by atoms with Crippen LogP contribution in [0.15, 0.2) is 42.7 Å². The van der Waals surface area contributed by atoms with E-state index in [1.54, 1.807) is 6.20 Å². The molecular formula is C13H10ClN3. The van der Waals surface area contributed by atoms with Gasteiger partial charge in [0.25, 0.3) is 0 Å². The van der Waals surface area contributed by atoms with Crippen molar-refractivity contribution in [3.63, 3.8) is 0 Å². The number of nitrogens with zero attached hydrogens (tertiary/aromatic N) is 3. The molecule has 3 heterocycles. The lowest BCUT2D eigenvalue weighted by atomic mass is 10.2. The van der Waals surface area contributed by atoms with Gasteiger partial charge in [0.1, 0.15) is 11.0 Å². The van der Waals surface area contributed by atoms with Crippen LogP contribution in [0.5, 0.6) is 0 Å². The summed E-state index contributed by atoms with van der Waals surface area (Å²) >= 11 is 6.10. The van der Waals surface area contributed by atoms with Crippen molar-refractivity contribution in [1.29, 1.82) is 0 Å². The van der Waals surface area contributed by atoms with Gasteiger partial charge in [-0.2, -0.15) is 0 Å². The molecule has 0 saturated carbocycles. The van der Waals surface area contributed by atoms with Crippen LogP contribution in [-0.4, -0.2) is 14.4 Å². The highest BCUT2D eigenvalue weighted by molar-refractivity contribution is 6.31. The Hall–Kier alpha value is -1.87. The molecule has 0 N–H and O–H groups in total. The van der Waals surface area contributed by atoms with Crippen LogP contribution in [-0.2, 0) is 0 Å². The summed E-state index contributed by atoms with van der Waals surface area (Å²) in [7, 11) is 0. The number of rotatable bonds is 1. The van der Waals surface area contributed by atoms with E-state index < -0.39 is 0 Å². The first-order valence-corrected chi connectivity index (χ1v) is 5.70. The molecule has 0 aliphatic rings. The largest absolute Gasteiger partial charge is 0.299 e. The first-order chi connectivity index (χ1) is 8.27. The minimum atomic E-state index is 0.475. The van der Waals surface area contributed by atoms with Gasteiger partial charge < -0.3 is 0 Å². The SMILES string of the molecule is Cc1nc(-c2cccnc2Cl)n2ccccc12. The van der Waals surface area contributed by atoms with Crippen molar-refractivity contribution in [2.24, 2.45) is 0 Å². The highest BCUT2D eigenvalue weighted by Gasteiger charge is 2.12. The minimum Gasteiger partial charge on any atom is -0.299 e. The Balaban J connectivity index is 2.35. The van der Waals surface area contributed by atoms with Gasteiger partial charge in [-0.3, -0.25) is 4.40 Å². The molecule has 0 aliphatic carbocycles. The Morgan fingerprint density at radius 1 is 1.18 bits per heavy atom.